The smallest absolute Gasteiger partial charge is 0.238 e. The summed E-state index contributed by atoms with van der Waals surface area (Å²) in [6.45, 7) is 1.96. The molecule has 4 unspecified atom stereocenters. The molecular weight excluding hydrogens is 372 g/mol. The van der Waals surface area contributed by atoms with E-state index in [9.17, 15) is 14.4 Å². The average Bonchev–Trinajstić information content (AvgIpc) is 3.26. The first-order chi connectivity index (χ1) is 14.1. The maximum atomic E-state index is 13.2. The molecule has 7 heteroatoms. The first-order valence-corrected chi connectivity index (χ1v) is 11.4. The number of ether oxygens (including phenoxy) is 2. The Bertz CT molecular complexity index is 620. The van der Waals surface area contributed by atoms with E-state index in [0.29, 0.717) is 32.0 Å². The summed E-state index contributed by atoms with van der Waals surface area (Å²) in [6, 6.07) is -0.547. The van der Waals surface area contributed by atoms with E-state index in [1.54, 1.807) is 0 Å². The Morgan fingerprint density at radius 3 is 2.83 bits per heavy atom. The van der Waals surface area contributed by atoms with Gasteiger partial charge in [0.25, 0.3) is 0 Å². The van der Waals surface area contributed by atoms with Crippen LogP contribution < -0.4 is 5.32 Å². The van der Waals surface area contributed by atoms with Gasteiger partial charge < -0.3 is 19.6 Å². The van der Waals surface area contributed by atoms with E-state index in [-0.39, 0.29) is 36.9 Å². The van der Waals surface area contributed by atoms with Crippen molar-refractivity contribution in [2.45, 2.75) is 88.0 Å². The largest absolute Gasteiger partial charge is 0.376 e. The molecule has 7 nitrogen and oxygen atoms in total. The number of nitrogens with zero attached hydrogens (tertiary/aromatic N) is 1. The van der Waals surface area contributed by atoms with Crippen molar-refractivity contribution < 1.29 is 23.9 Å². The number of fused-ring (bicyclic) bond motifs is 1. The molecule has 4 fully saturated rings. The number of carbonyl (C=O) groups excluding carboxylic acids is 3. The topological polar surface area (TPSA) is 84.9 Å². The molecule has 0 bridgehead atoms. The molecule has 0 aromatic rings. The van der Waals surface area contributed by atoms with E-state index in [1.807, 2.05) is 0 Å². The predicted molar refractivity (Wildman–Crippen MR) is 106 cm³/mol. The van der Waals surface area contributed by atoms with E-state index in [4.69, 9.17) is 9.47 Å². The average molecular weight is 407 g/mol. The van der Waals surface area contributed by atoms with Gasteiger partial charge in [0.05, 0.1) is 24.9 Å². The summed E-state index contributed by atoms with van der Waals surface area (Å²) in [4.78, 5) is 39.2. The van der Waals surface area contributed by atoms with Crippen molar-refractivity contribution in [3.05, 3.63) is 0 Å². The highest BCUT2D eigenvalue weighted by atomic mass is 16.5. The van der Waals surface area contributed by atoms with Gasteiger partial charge in [-0.3, -0.25) is 14.5 Å². The fourth-order valence-corrected chi connectivity index (χ4v) is 5.81. The minimum absolute atomic E-state index is 0.0321. The summed E-state index contributed by atoms with van der Waals surface area (Å²) in [7, 11) is 0. The van der Waals surface area contributed by atoms with Crippen LogP contribution in [0.15, 0.2) is 0 Å². The number of rotatable bonds is 7. The van der Waals surface area contributed by atoms with E-state index < -0.39 is 11.6 Å². The zero-order chi connectivity index (χ0) is 20.3. The summed E-state index contributed by atoms with van der Waals surface area (Å²) in [5, 5.41) is 3.03. The van der Waals surface area contributed by atoms with Crippen LogP contribution >= 0.6 is 0 Å². The summed E-state index contributed by atoms with van der Waals surface area (Å²) in [5.41, 5.74) is -0.883. The van der Waals surface area contributed by atoms with E-state index in [1.165, 1.54) is 32.1 Å². The number of morpholine rings is 1. The van der Waals surface area contributed by atoms with Gasteiger partial charge in [0, 0.05) is 19.5 Å². The minimum atomic E-state index is -0.883. The Morgan fingerprint density at radius 1 is 1.21 bits per heavy atom. The first kappa shape index (κ1) is 20.9. The third-order valence-electron chi connectivity index (χ3n) is 7.40. The van der Waals surface area contributed by atoms with Gasteiger partial charge in [0.15, 0.2) is 5.78 Å². The van der Waals surface area contributed by atoms with Crippen LogP contribution in [0.25, 0.3) is 0 Å². The van der Waals surface area contributed by atoms with Crippen LogP contribution in [0.2, 0.25) is 0 Å². The van der Waals surface area contributed by atoms with Crippen LogP contribution in [0.3, 0.4) is 0 Å². The second-order valence-corrected chi connectivity index (χ2v) is 9.22. The van der Waals surface area contributed by atoms with Gasteiger partial charge >= 0.3 is 0 Å². The molecule has 4 atom stereocenters. The number of aldehydes is 1. The summed E-state index contributed by atoms with van der Waals surface area (Å²) < 4.78 is 11.6. The molecule has 2 heterocycles. The monoisotopic (exact) mass is 406 g/mol. The molecule has 0 spiro atoms. The molecule has 162 valence electrons. The lowest BCUT2D eigenvalue weighted by molar-refractivity contribution is -0.137. The Hall–Kier alpha value is -1.31. The van der Waals surface area contributed by atoms with E-state index in [2.05, 4.69) is 10.2 Å². The number of amides is 1. The molecule has 1 amide bonds. The van der Waals surface area contributed by atoms with Gasteiger partial charge in [0.1, 0.15) is 18.4 Å². The third kappa shape index (κ3) is 4.42. The van der Waals surface area contributed by atoms with Gasteiger partial charge in [-0.25, -0.2) is 0 Å². The fraction of sp³-hybridized carbons (Fsp3) is 0.864. The number of hydrogen-bond donors (Lipinski definition) is 1. The van der Waals surface area contributed by atoms with Crippen LogP contribution in [0.5, 0.6) is 0 Å². The standard InChI is InChI=1S/C22H34N2O5/c25-11-8-18(21(27)23-22-9-4-7-20(22)29-15-19(22)26)24-10-12-28-17(14-24)13-16-5-2-1-3-6-16/h11,16-18,20H,1-10,12-15H2,(H,23,27). The second-order valence-electron chi connectivity index (χ2n) is 9.22. The van der Waals surface area contributed by atoms with E-state index in [0.717, 1.165) is 25.5 Å². The number of Topliss-reactive ketones (excluding diaryl/α,β-unsaturated/α-hetero) is 1. The van der Waals surface area contributed by atoms with Crippen molar-refractivity contribution in [3.63, 3.8) is 0 Å². The lowest BCUT2D eigenvalue weighted by Crippen LogP contribution is -2.62. The molecule has 1 N–H and O–H groups in total. The number of carbonyl (C=O) groups is 3. The van der Waals surface area contributed by atoms with Crippen LogP contribution in [0, 0.1) is 5.92 Å². The summed E-state index contributed by atoms with van der Waals surface area (Å²) in [6.07, 6.45) is 10.6. The van der Waals surface area contributed by atoms with Gasteiger partial charge in [0.2, 0.25) is 5.91 Å². The first-order valence-electron chi connectivity index (χ1n) is 11.4. The SMILES string of the molecule is O=CCC(C(=O)NC12CCCC1OCC2=O)N1CCOC(CC2CCCCC2)C1. The van der Waals surface area contributed by atoms with Crippen molar-refractivity contribution in [1.82, 2.24) is 10.2 Å². The quantitative estimate of drug-likeness (QED) is 0.647. The maximum absolute atomic E-state index is 13.2. The van der Waals surface area contributed by atoms with Crippen LogP contribution in [-0.4, -0.2) is 73.0 Å². The zero-order valence-electron chi connectivity index (χ0n) is 17.3. The highest BCUT2D eigenvalue weighted by molar-refractivity contribution is 5.97. The van der Waals surface area contributed by atoms with Crippen LogP contribution in [0.1, 0.15) is 64.2 Å². The minimum Gasteiger partial charge on any atom is -0.376 e. The van der Waals surface area contributed by atoms with Crippen molar-refractivity contribution in [1.29, 1.82) is 0 Å². The molecule has 0 radical (unpaired) electrons. The number of hydrogen-bond acceptors (Lipinski definition) is 6. The maximum Gasteiger partial charge on any atom is 0.238 e. The zero-order valence-corrected chi connectivity index (χ0v) is 17.3. The van der Waals surface area contributed by atoms with Gasteiger partial charge in [-0.1, -0.05) is 32.1 Å². The Labute approximate surface area is 172 Å². The van der Waals surface area contributed by atoms with Crippen LogP contribution in [-0.2, 0) is 23.9 Å². The molecule has 2 saturated carbocycles. The third-order valence-corrected chi connectivity index (χ3v) is 7.40. The molecule has 2 aliphatic heterocycles. The Morgan fingerprint density at radius 2 is 2.03 bits per heavy atom. The molecule has 0 aromatic heterocycles. The fourth-order valence-electron chi connectivity index (χ4n) is 5.81. The molecule has 29 heavy (non-hydrogen) atoms. The lowest BCUT2D eigenvalue weighted by Gasteiger charge is -2.39. The van der Waals surface area contributed by atoms with Crippen molar-refractivity contribution in [2.75, 3.05) is 26.3 Å². The molecular formula is C22H34N2O5. The van der Waals surface area contributed by atoms with Crippen molar-refractivity contribution in [2.24, 2.45) is 5.92 Å². The second kappa shape index (κ2) is 9.23. The molecule has 4 aliphatic rings. The summed E-state index contributed by atoms with van der Waals surface area (Å²) >= 11 is 0. The van der Waals surface area contributed by atoms with Crippen LogP contribution in [0.4, 0.5) is 0 Å². The lowest BCUT2D eigenvalue weighted by atomic mass is 9.85. The molecule has 2 saturated heterocycles. The molecule has 2 aliphatic carbocycles. The van der Waals surface area contributed by atoms with Gasteiger partial charge in [-0.15, -0.1) is 0 Å². The van der Waals surface area contributed by atoms with Crippen molar-refractivity contribution in [3.8, 4) is 0 Å². The molecule has 0 aromatic carbocycles. The highest BCUT2D eigenvalue weighted by Gasteiger charge is 2.55. The number of nitrogens with one attached hydrogen (secondary N) is 1. The Balaban J connectivity index is 1.40. The van der Waals surface area contributed by atoms with Gasteiger partial charge in [-0.2, -0.15) is 0 Å². The molecule has 4 rings (SSSR count). The van der Waals surface area contributed by atoms with E-state index >= 15 is 0 Å². The van der Waals surface area contributed by atoms with Gasteiger partial charge in [-0.05, 0) is 31.6 Å². The highest BCUT2D eigenvalue weighted by Crippen LogP contribution is 2.38. The normalized spacial score (nSPS) is 34.7. The predicted octanol–water partition coefficient (Wildman–Crippen LogP) is 1.62. The number of ketones is 1. The van der Waals surface area contributed by atoms with Crippen molar-refractivity contribution >= 4 is 18.0 Å². The summed E-state index contributed by atoms with van der Waals surface area (Å²) in [5.74, 6) is 0.454. The Kier molecular flexibility index (Phi) is 6.66.